The highest BCUT2D eigenvalue weighted by Gasteiger charge is 2.31. The van der Waals surface area contributed by atoms with E-state index in [0.29, 0.717) is 6.20 Å². The van der Waals surface area contributed by atoms with E-state index in [2.05, 4.69) is 36.2 Å². The molecule has 0 aliphatic carbocycles. The Labute approximate surface area is 140 Å². The molecule has 24 heavy (non-hydrogen) atoms. The standard InChI is InChI=1S/C14H7BrF4N4O/c15-7-4-21-12-10(11(7)16)9(5-22-12)23-13(24)8-2-1-6(3-20-8)14(17,18)19/h1-5H,(H,21,22)(H,23,24). The number of carbonyl (C=O) groups excluding carboxylic acids is 1. The van der Waals surface area contributed by atoms with Crippen LogP contribution in [0.4, 0.5) is 23.2 Å². The van der Waals surface area contributed by atoms with Crippen LogP contribution in [0.3, 0.4) is 0 Å². The molecule has 124 valence electrons. The Balaban J connectivity index is 1.89. The van der Waals surface area contributed by atoms with Crippen LogP contribution in [0.2, 0.25) is 0 Å². The van der Waals surface area contributed by atoms with Crippen molar-refractivity contribution < 1.29 is 22.4 Å². The molecule has 0 bridgehead atoms. The monoisotopic (exact) mass is 402 g/mol. The van der Waals surface area contributed by atoms with Crippen molar-refractivity contribution in [2.24, 2.45) is 0 Å². The number of nitrogens with one attached hydrogen (secondary N) is 2. The lowest BCUT2D eigenvalue weighted by Crippen LogP contribution is -2.14. The molecule has 3 heterocycles. The van der Waals surface area contributed by atoms with Gasteiger partial charge in [-0.25, -0.2) is 9.37 Å². The average molecular weight is 403 g/mol. The molecule has 2 N–H and O–H groups in total. The summed E-state index contributed by atoms with van der Waals surface area (Å²) in [5, 5.41) is 2.44. The molecule has 3 aromatic heterocycles. The van der Waals surface area contributed by atoms with E-state index in [1.54, 1.807) is 0 Å². The number of carbonyl (C=O) groups is 1. The van der Waals surface area contributed by atoms with Crippen molar-refractivity contribution in [2.45, 2.75) is 6.18 Å². The minimum absolute atomic E-state index is 0.0460. The van der Waals surface area contributed by atoms with Gasteiger partial charge in [0.15, 0.2) is 5.82 Å². The first kappa shape index (κ1) is 16.4. The first-order valence-corrected chi connectivity index (χ1v) is 7.22. The van der Waals surface area contributed by atoms with Gasteiger partial charge in [-0.15, -0.1) is 0 Å². The van der Waals surface area contributed by atoms with Gasteiger partial charge in [0.05, 0.1) is 21.1 Å². The molecule has 10 heteroatoms. The van der Waals surface area contributed by atoms with Crippen molar-refractivity contribution in [3.63, 3.8) is 0 Å². The second-order valence-corrected chi connectivity index (χ2v) is 5.58. The maximum atomic E-state index is 14.1. The summed E-state index contributed by atoms with van der Waals surface area (Å²) in [5.41, 5.74) is -0.889. The van der Waals surface area contributed by atoms with Crippen LogP contribution in [0.1, 0.15) is 16.1 Å². The number of aromatic nitrogens is 3. The van der Waals surface area contributed by atoms with Crippen molar-refractivity contribution in [3.8, 4) is 0 Å². The predicted octanol–water partition coefficient (Wildman–Crippen LogP) is 4.13. The van der Waals surface area contributed by atoms with Crippen LogP contribution in [0.25, 0.3) is 11.0 Å². The van der Waals surface area contributed by atoms with Crippen LogP contribution >= 0.6 is 15.9 Å². The van der Waals surface area contributed by atoms with E-state index in [-0.39, 0.29) is 26.9 Å². The number of H-pyrrole nitrogens is 1. The highest BCUT2D eigenvalue weighted by Crippen LogP contribution is 2.30. The Kier molecular flexibility index (Phi) is 3.99. The third-order valence-corrected chi connectivity index (χ3v) is 3.72. The molecule has 0 spiro atoms. The van der Waals surface area contributed by atoms with Gasteiger partial charge in [0.2, 0.25) is 0 Å². The third-order valence-electron chi connectivity index (χ3n) is 3.17. The average Bonchev–Trinajstić information content (AvgIpc) is 2.94. The fourth-order valence-corrected chi connectivity index (χ4v) is 2.32. The zero-order valence-corrected chi connectivity index (χ0v) is 13.2. The van der Waals surface area contributed by atoms with Crippen molar-refractivity contribution in [1.82, 2.24) is 15.0 Å². The van der Waals surface area contributed by atoms with Crippen molar-refractivity contribution >= 4 is 38.6 Å². The van der Waals surface area contributed by atoms with Gasteiger partial charge in [-0.2, -0.15) is 13.2 Å². The molecule has 0 saturated heterocycles. The number of halogens is 5. The summed E-state index contributed by atoms with van der Waals surface area (Å²) in [6.45, 7) is 0. The Morgan fingerprint density at radius 3 is 2.58 bits per heavy atom. The second kappa shape index (κ2) is 5.86. The molecule has 3 rings (SSSR count). The first-order chi connectivity index (χ1) is 11.3. The van der Waals surface area contributed by atoms with E-state index in [4.69, 9.17) is 0 Å². The maximum Gasteiger partial charge on any atom is 0.417 e. The maximum absolute atomic E-state index is 14.1. The Morgan fingerprint density at radius 2 is 1.96 bits per heavy atom. The molecule has 0 aliphatic heterocycles. The minimum atomic E-state index is -4.54. The van der Waals surface area contributed by atoms with Gasteiger partial charge in [-0.05, 0) is 28.1 Å². The number of anilines is 1. The molecule has 0 radical (unpaired) electrons. The van der Waals surface area contributed by atoms with Crippen LogP contribution in [0.15, 0.2) is 35.2 Å². The third kappa shape index (κ3) is 2.96. The fourth-order valence-electron chi connectivity index (χ4n) is 2.01. The van der Waals surface area contributed by atoms with E-state index in [0.717, 1.165) is 12.1 Å². The zero-order chi connectivity index (χ0) is 17.5. The molecule has 0 aromatic carbocycles. The molecular formula is C14H7BrF4N4O. The topological polar surface area (TPSA) is 70.7 Å². The summed E-state index contributed by atoms with van der Waals surface area (Å²) in [5.74, 6) is -1.40. The summed E-state index contributed by atoms with van der Waals surface area (Å²) < 4.78 is 51.7. The van der Waals surface area contributed by atoms with Crippen LogP contribution in [-0.4, -0.2) is 20.9 Å². The number of hydrogen-bond acceptors (Lipinski definition) is 3. The Hall–Kier alpha value is -2.49. The number of alkyl halides is 3. The molecule has 1 amide bonds. The summed E-state index contributed by atoms with van der Waals surface area (Å²) in [4.78, 5) is 22.2. The van der Waals surface area contributed by atoms with Gasteiger partial charge in [0.25, 0.3) is 5.91 Å². The van der Waals surface area contributed by atoms with Gasteiger partial charge in [0.1, 0.15) is 11.3 Å². The second-order valence-electron chi connectivity index (χ2n) is 4.73. The predicted molar refractivity (Wildman–Crippen MR) is 80.9 cm³/mol. The lowest BCUT2D eigenvalue weighted by Gasteiger charge is -2.07. The Bertz CT molecular complexity index is 921. The molecule has 0 aliphatic rings. The summed E-state index contributed by atoms with van der Waals surface area (Å²) in [7, 11) is 0. The van der Waals surface area contributed by atoms with E-state index in [1.165, 1.54) is 12.4 Å². The Morgan fingerprint density at radius 1 is 1.21 bits per heavy atom. The van der Waals surface area contributed by atoms with Gasteiger partial charge in [-0.1, -0.05) is 0 Å². The molecule has 0 atom stereocenters. The first-order valence-electron chi connectivity index (χ1n) is 6.43. The minimum Gasteiger partial charge on any atom is -0.344 e. The molecule has 0 fully saturated rings. The van der Waals surface area contributed by atoms with E-state index >= 15 is 0 Å². The lowest BCUT2D eigenvalue weighted by molar-refractivity contribution is -0.137. The lowest BCUT2D eigenvalue weighted by atomic mass is 10.2. The number of nitrogens with zero attached hydrogens (tertiary/aromatic N) is 2. The normalized spacial score (nSPS) is 11.7. The largest absolute Gasteiger partial charge is 0.417 e. The number of hydrogen-bond donors (Lipinski definition) is 2. The summed E-state index contributed by atoms with van der Waals surface area (Å²) in [6, 6.07) is 1.69. The number of fused-ring (bicyclic) bond motifs is 1. The summed E-state index contributed by atoms with van der Waals surface area (Å²) in [6.07, 6.45) is -1.39. The van der Waals surface area contributed by atoms with Crippen molar-refractivity contribution in [2.75, 3.05) is 5.32 Å². The van der Waals surface area contributed by atoms with E-state index < -0.39 is 23.5 Å². The molecule has 5 nitrogen and oxygen atoms in total. The number of aromatic amines is 1. The van der Waals surface area contributed by atoms with Crippen molar-refractivity contribution in [3.05, 3.63) is 52.3 Å². The molecule has 3 aromatic rings. The summed E-state index contributed by atoms with van der Waals surface area (Å²) >= 11 is 2.99. The SMILES string of the molecule is O=C(Nc1c[nH]c2ncc(Br)c(F)c12)c1ccc(C(F)(F)F)cn1. The van der Waals surface area contributed by atoms with E-state index in [9.17, 15) is 22.4 Å². The van der Waals surface area contributed by atoms with Crippen LogP contribution in [0, 0.1) is 5.82 Å². The zero-order valence-electron chi connectivity index (χ0n) is 11.6. The van der Waals surface area contributed by atoms with Crippen molar-refractivity contribution in [1.29, 1.82) is 0 Å². The molecule has 0 saturated carbocycles. The van der Waals surface area contributed by atoms with E-state index in [1.807, 2.05) is 0 Å². The molecular weight excluding hydrogens is 396 g/mol. The molecule has 0 unspecified atom stereocenters. The number of rotatable bonds is 2. The van der Waals surface area contributed by atoms with Gasteiger partial charge in [-0.3, -0.25) is 9.78 Å². The smallest absolute Gasteiger partial charge is 0.344 e. The van der Waals surface area contributed by atoms with Gasteiger partial charge < -0.3 is 10.3 Å². The van der Waals surface area contributed by atoms with Crippen LogP contribution < -0.4 is 5.32 Å². The number of amides is 1. The van der Waals surface area contributed by atoms with Gasteiger partial charge >= 0.3 is 6.18 Å². The highest BCUT2D eigenvalue weighted by atomic mass is 79.9. The van der Waals surface area contributed by atoms with Gasteiger partial charge in [0, 0.05) is 18.6 Å². The van der Waals surface area contributed by atoms with Crippen LogP contribution in [-0.2, 0) is 6.18 Å². The van der Waals surface area contributed by atoms with Crippen LogP contribution in [0.5, 0.6) is 0 Å². The highest BCUT2D eigenvalue weighted by molar-refractivity contribution is 9.10. The number of pyridine rings is 2. The fraction of sp³-hybridized carbons (Fsp3) is 0.0714. The quantitative estimate of drug-likeness (QED) is 0.633.